The molecule has 3 nitrogen and oxygen atoms in total. The highest BCUT2D eigenvalue weighted by atomic mass is 16.3. The minimum Gasteiger partial charge on any atom is -0.390 e. The largest absolute Gasteiger partial charge is 0.390 e. The maximum absolute atomic E-state index is 13.1. The average molecular weight is 299 g/mol. The highest BCUT2D eigenvalue weighted by Crippen LogP contribution is 2.61. The molecule has 1 aromatic rings. The Bertz CT molecular complexity index is 595. The summed E-state index contributed by atoms with van der Waals surface area (Å²) in [6, 6.07) is 8.05. The average Bonchev–Trinajstić information content (AvgIpc) is 2.45. The van der Waals surface area contributed by atoms with Crippen LogP contribution >= 0.6 is 0 Å². The molecule has 4 bridgehead atoms. The number of carbonyl (C=O) groups excluding carboxylic acids is 1. The molecule has 5 rings (SSSR count). The predicted octanol–water partition coefficient (Wildman–Crippen LogP) is 3.52. The third kappa shape index (κ3) is 2.18. The fourth-order valence-corrected chi connectivity index (χ4v) is 5.69. The molecule has 0 aromatic heterocycles. The number of hydrogen-bond donors (Lipinski definition) is 2. The molecule has 4 aliphatic carbocycles. The van der Waals surface area contributed by atoms with E-state index in [-0.39, 0.29) is 11.3 Å². The molecule has 0 spiro atoms. The second kappa shape index (κ2) is 4.82. The number of aryl methyl sites for hydroxylation is 1. The van der Waals surface area contributed by atoms with Gasteiger partial charge < -0.3 is 10.4 Å². The molecule has 22 heavy (non-hydrogen) atoms. The van der Waals surface area contributed by atoms with Crippen LogP contribution in [0.4, 0.5) is 5.69 Å². The fourth-order valence-electron chi connectivity index (χ4n) is 5.69. The van der Waals surface area contributed by atoms with E-state index >= 15 is 0 Å². The SMILES string of the molecule is CCc1ccccc1NC(=O)C12CC3CC(CC(O)(C3)C1)C2. The number of amides is 1. The van der Waals surface area contributed by atoms with Gasteiger partial charge in [-0.05, 0) is 68.4 Å². The lowest BCUT2D eigenvalue weighted by Crippen LogP contribution is -2.59. The van der Waals surface area contributed by atoms with Gasteiger partial charge in [-0.15, -0.1) is 0 Å². The molecule has 4 fully saturated rings. The van der Waals surface area contributed by atoms with Gasteiger partial charge in [0, 0.05) is 5.69 Å². The molecule has 0 aliphatic heterocycles. The van der Waals surface area contributed by atoms with Crippen LogP contribution in [-0.4, -0.2) is 16.6 Å². The van der Waals surface area contributed by atoms with E-state index in [1.54, 1.807) is 0 Å². The number of benzene rings is 1. The van der Waals surface area contributed by atoms with Gasteiger partial charge in [-0.1, -0.05) is 25.1 Å². The van der Waals surface area contributed by atoms with Crippen LogP contribution in [0.5, 0.6) is 0 Å². The lowest BCUT2D eigenvalue weighted by atomic mass is 9.47. The molecule has 0 heterocycles. The number of aliphatic hydroxyl groups is 1. The molecule has 2 atom stereocenters. The van der Waals surface area contributed by atoms with E-state index in [4.69, 9.17) is 0 Å². The van der Waals surface area contributed by atoms with Crippen LogP contribution in [0.3, 0.4) is 0 Å². The van der Waals surface area contributed by atoms with Crippen LogP contribution in [0.1, 0.15) is 51.0 Å². The highest BCUT2D eigenvalue weighted by molar-refractivity contribution is 5.96. The summed E-state index contributed by atoms with van der Waals surface area (Å²) in [6.45, 7) is 2.11. The predicted molar refractivity (Wildman–Crippen MR) is 86.5 cm³/mol. The summed E-state index contributed by atoms with van der Waals surface area (Å²) in [5.41, 5.74) is 1.21. The maximum Gasteiger partial charge on any atom is 0.230 e. The van der Waals surface area contributed by atoms with Crippen molar-refractivity contribution in [1.29, 1.82) is 0 Å². The summed E-state index contributed by atoms with van der Waals surface area (Å²) in [6.07, 6.45) is 6.53. The molecule has 2 unspecified atom stereocenters. The van der Waals surface area contributed by atoms with Crippen LogP contribution in [0.2, 0.25) is 0 Å². The Morgan fingerprint density at radius 1 is 1.23 bits per heavy atom. The van der Waals surface area contributed by atoms with Gasteiger partial charge in [-0.25, -0.2) is 0 Å². The first-order valence-electron chi connectivity index (χ1n) is 8.64. The quantitative estimate of drug-likeness (QED) is 0.897. The molecule has 0 radical (unpaired) electrons. The van der Waals surface area contributed by atoms with Crippen molar-refractivity contribution in [1.82, 2.24) is 0 Å². The van der Waals surface area contributed by atoms with Crippen LogP contribution in [-0.2, 0) is 11.2 Å². The molecule has 3 heteroatoms. The molecule has 0 saturated heterocycles. The van der Waals surface area contributed by atoms with E-state index in [2.05, 4.69) is 18.3 Å². The topological polar surface area (TPSA) is 49.3 Å². The summed E-state index contributed by atoms with van der Waals surface area (Å²) < 4.78 is 0. The zero-order valence-electron chi connectivity index (χ0n) is 13.3. The maximum atomic E-state index is 13.1. The van der Waals surface area contributed by atoms with E-state index in [1.807, 2.05) is 18.2 Å². The molecule has 118 valence electrons. The van der Waals surface area contributed by atoms with Gasteiger partial charge in [-0.3, -0.25) is 4.79 Å². The number of para-hydroxylation sites is 1. The monoisotopic (exact) mass is 299 g/mol. The van der Waals surface area contributed by atoms with Gasteiger partial charge in [0.15, 0.2) is 0 Å². The third-order valence-corrected chi connectivity index (χ3v) is 6.16. The van der Waals surface area contributed by atoms with Crippen molar-refractivity contribution < 1.29 is 9.90 Å². The van der Waals surface area contributed by atoms with E-state index in [0.29, 0.717) is 18.3 Å². The summed E-state index contributed by atoms with van der Waals surface area (Å²) >= 11 is 0. The normalized spacial score (nSPS) is 39.0. The van der Waals surface area contributed by atoms with Crippen LogP contribution in [0.25, 0.3) is 0 Å². The van der Waals surface area contributed by atoms with E-state index in [1.165, 1.54) is 12.0 Å². The number of rotatable bonds is 3. The van der Waals surface area contributed by atoms with Gasteiger partial charge in [0.1, 0.15) is 0 Å². The van der Waals surface area contributed by atoms with Gasteiger partial charge in [0.2, 0.25) is 5.91 Å². The number of anilines is 1. The smallest absolute Gasteiger partial charge is 0.230 e. The second-order valence-electron chi connectivity index (χ2n) is 7.93. The molecule has 1 aromatic carbocycles. The van der Waals surface area contributed by atoms with Gasteiger partial charge in [-0.2, -0.15) is 0 Å². The van der Waals surface area contributed by atoms with Crippen molar-refractivity contribution >= 4 is 11.6 Å². The van der Waals surface area contributed by atoms with E-state index < -0.39 is 5.60 Å². The molecule has 1 amide bonds. The van der Waals surface area contributed by atoms with Gasteiger partial charge in [0.25, 0.3) is 0 Å². The molecular formula is C19H25NO2. The van der Waals surface area contributed by atoms with Crippen LogP contribution in [0.15, 0.2) is 24.3 Å². The lowest BCUT2D eigenvalue weighted by molar-refractivity contribution is -0.174. The Balaban J connectivity index is 1.60. The second-order valence-corrected chi connectivity index (χ2v) is 7.93. The van der Waals surface area contributed by atoms with Crippen molar-refractivity contribution in [3.63, 3.8) is 0 Å². The van der Waals surface area contributed by atoms with E-state index in [0.717, 1.165) is 37.8 Å². The summed E-state index contributed by atoms with van der Waals surface area (Å²) in [7, 11) is 0. The Hall–Kier alpha value is -1.35. The zero-order valence-corrected chi connectivity index (χ0v) is 13.3. The van der Waals surface area contributed by atoms with Crippen molar-refractivity contribution in [2.45, 2.75) is 57.5 Å². The third-order valence-electron chi connectivity index (χ3n) is 6.16. The molecule has 2 N–H and O–H groups in total. The Labute approximate surface area is 132 Å². The first-order chi connectivity index (χ1) is 10.5. The van der Waals surface area contributed by atoms with Crippen molar-refractivity contribution in [3.8, 4) is 0 Å². The molecular weight excluding hydrogens is 274 g/mol. The van der Waals surface area contributed by atoms with Crippen molar-refractivity contribution in [3.05, 3.63) is 29.8 Å². The minimum atomic E-state index is -0.578. The van der Waals surface area contributed by atoms with E-state index in [9.17, 15) is 9.90 Å². The minimum absolute atomic E-state index is 0.140. The zero-order chi connectivity index (χ0) is 15.4. The van der Waals surface area contributed by atoms with Crippen molar-refractivity contribution in [2.24, 2.45) is 17.3 Å². The first kappa shape index (κ1) is 14.3. The number of hydrogen-bond acceptors (Lipinski definition) is 2. The summed E-state index contributed by atoms with van der Waals surface area (Å²) in [5, 5.41) is 14.0. The van der Waals surface area contributed by atoms with Gasteiger partial charge >= 0.3 is 0 Å². The standard InChI is InChI=1S/C19H25NO2/c1-2-15-5-3-4-6-16(15)20-17(21)18-8-13-7-14(9-18)11-19(22,10-13)12-18/h3-6,13-14,22H,2,7-12H2,1H3,(H,20,21). The number of carbonyl (C=O) groups is 1. The number of nitrogens with one attached hydrogen (secondary N) is 1. The molecule has 4 saturated carbocycles. The van der Waals surface area contributed by atoms with Crippen LogP contribution < -0.4 is 5.32 Å². The Morgan fingerprint density at radius 2 is 1.91 bits per heavy atom. The highest BCUT2D eigenvalue weighted by Gasteiger charge is 2.60. The van der Waals surface area contributed by atoms with Crippen molar-refractivity contribution in [2.75, 3.05) is 5.32 Å². The summed E-state index contributed by atoms with van der Waals surface area (Å²) in [5.74, 6) is 1.22. The molecule has 4 aliphatic rings. The Morgan fingerprint density at radius 3 is 2.55 bits per heavy atom. The van der Waals surface area contributed by atoms with Gasteiger partial charge in [0.05, 0.1) is 11.0 Å². The Kier molecular flexibility index (Phi) is 3.12. The fraction of sp³-hybridized carbons (Fsp3) is 0.632. The summed E-state index contributed by atoms with van der Waals surface area (Å²) in [4.78, 5) is 13.1. The first-order valence-corrected chi connectivity index (χ1v) is 8.64. The van der Waals surface area contributed by atoms with Crippen LogP contribution in [0, 0.1) is 17.3 Å². The lowest BCUT2D eigenvalue weighted by Gasteiger charge is -2.59.